The first-order chi connectivity index (χ1) is 14.2. The lowest BCUT2D eigenvalue weighted by Crippen LogP contribution is -2.12. The Bertz CT molecular complexity index is 1210. The summed E-state index contributed by atoms with van der Waals surface area (Å²) in [6.45, 7) is 1.98. The van der Waals surface area contributed by atoms with E-state index in [1.165, 1.54) is 0 Å². The van der Waals surface area contributed by atoms with Gasteiger partial charge in [-0.15, -0.1) is 5.10 Å². The first kappa shape index (κ1) is 17.3. The highest BCUT2D eigenvalue weighted by Gasteiger charge is 2.20. The minimum Gasteiger partial charge on any atom is -0.317 e. The molecule has 0 amide bonds. The monoisotopic (exact) mass is 380 g/mol. The number of aryl methyl sites for hydroxylation is 2. The van der Waals surface area contributed by atoms with E-state index >= 15 is 0 Å². The fourth-order valence-electron chi connectivity index (χ4n) is 3.88. The Hall–Kier alpha value is -3.80. The van der Waals surface area contributed by atoms with Gasteiger partial charge in [0.25, 0.3) is 0 Å². The van der Waals surface area contributed by atoms with Crippen molar-refractivity contribution >= 4 is 11.0 Å². The maximum Gasteiger partial charge on any atom is 0.102 e. The lowest BCUT2D eigenvalue weighted by molar-refractivity contribution is 0.676. The zero-order valence-electron chi connectivity index (χ0n) is 16.3. The van der Waals surface area contributed by atoms with Gasteiger partial charge >= 0.3 is 0 Å². The number of rotatable bonds is 4. The van der Waals surface area contributed by atoms with Crippen LogP contribution in [0.4, 0.5) is 0 Å². The molecule has 0 fully saturated rings. The number of pyridine rings is 1. The van der Waals surface area contributed by atoms with E-state index in [0.29, 0.717) is 0 Å². The predicted molar refractivity (Wildman–Crippen MR) is 112 cm³/mol. The van der Waals surface area contributed by atoms with Crippen LogP contribution in [0.15, 0.2) is 79.3 Å². The highest BCUT2D eigenvalue weighted by atomic mass is 15.4. The molecule has 5 rings (SSSR count). The van der Waals surface area contributed by atoms with Crippen molar-refractivity contribution in [1.29, 1.82) is 0 Å². The molecule has 5 aromatic rings. The van der Waals surface area contributed by atoms with Gasteiger partial charge in [0, 0.05) is 18.8 Å². The summed E-state index contributed by atoms with van der Waals surface area (Å²) < 4.78 is 4.00. The number of aromatic nitrogens is 6. The average Bonchev–Trinajstić information content (AvgIpc) is 3.32. The van der Waals surface area contributed by atoms with Gasteiger partial charge in [-0.1, -0.05) is 47.7 Å². The van der Waals surface area contributed by atoms with Crippen LogP contribution >= 0.6 is 0 Å². The second-order valence-electron chi connectivity index (χ2n) is 7.07. The molecule has 6 heteroatoms. The second-order valence-corrected chi connectivity index (χ2v) is 7.07. The summed E-state index contributed by atoms with van der Waals surface area (Å²) in [7, 11) is 1.91. The van der Waals surface area contributed by atoms with Gasteiger partial charge in [-0.05, 0) is 36.8 Å². The Morgan fingerprint density at radius 2 is 1.72 bits per heavy atom. The number of hydrogen-bond acceptors (Lipinski definition) is 4. The molecule has 0 aliphatic heterocycles. The molecule has 2 aromatic carbocycles. The van der Waals surface area contributed by atoms with Crippen LogP contribution in [-0.4, -0.2) is 29.5 Å². The molecule has 29 heavy (non-hydrogen) atoms. The molecule has 0 saturated heterocycles. The van der Waals surface area contributed by atoms with E-state index in [2.05, 4.69) is 67.3 Å². The van der Waals surface area contributed by atoms with E-state index < -0.39 is 0 Å². The molecule has 6 nitrogen and oxygen atoms in total. The molecule has 142 valence electrons. The standard InChI is InChI=1S/C23H20N6/c1-16-22(28(2)27-26-16)18-11-12-19-21(14-18)29(15-25-19)23(17-8-4-3-5-9-17)20-10-6-7-13-24-20/h3-15,23H,1-2H3. The molecule has 0 spiro atoms. The van der Waals surface area contributed by atoms with Crippen molar-refractivity contribution in [3.8, 4) is 11.3 Å². The van der Waals surface area contributed by atoms with Crippen LogP contribution < -0.4 is 0 Å². The van der Waals surface area contributed by atoms with Crippen molar-refractivity contribution in [3.05, 3.63) is 96.2 Å². The minimum absolute atomic E-state index is 0.0663. The summed E-state index contributed by atoms with van der Waals surface area (Å²) >= 11 is 0. The van der Waals surface area contributed by atoms with E-state index in [4.69, 9.17) is 0 Å². The Morgan fingerprint density at radius 3 is 2.45 bits per heavy atom. The Morgan fingerprint density at radius 1 is 0.897 bits per heavy atom. The van der Waals surface area contributed by atoms with E-state index in [9.17, 15) is 0 Å². The van der Waals surface area contributed by atoms with Crippen molar-refractivity contribution in [2.24, 2.45) is 7.05 Å². The van der Waals surface area contributed by atoms with Crippen LogP contribution in [0.3, 0.4) is 0 Å². The molecule has 0 radical (unpaired) electrons. The van der Waals surface area contributed by atoms with Gasteiger partial charge in [0.05, 0.1) is 34.4 Å². The van der Waals surface area contributed by atoms with Crippen molar-refractivity contribution in [2.75, 3.05) is 0 Å². The molecule has 0 bridgehead atoms. The van der Waals surface area contributed by atoms with Gasteiger partial charge in [-0.3, -0.25) is 4.98 Å². The number of nitrogens with zero attached hydrogens (tertiary/aromatic N) is 6. The molecule has 1 atom stereocenters. The maximum absolute atomic E-state index is 4.65. The van der Waals surface area contributed by atoms with Gasteiger partial charge in [-0.25, -0.2) is 9.67 Å². The second kappa shape index (κ2) is 6.98. The summed E-state index contributed by atoms with van der Waals surface area (Å²) in [4.78, 5) is 9.30. The zero-order chi connectivity index (χ0) is 19.8. The molecule has 3 aromatic heterocycles. The highest BCUT2D eigenvalue weighted by Crippen LogP contribution is 2.31. The summed E-state index contributed by atoms with van der Waals surface area (Å²) in [6, 6.07) is 22.6. The van der Waals surface area contributed by atoms with E-state index in [1.54, 1.807) is 0 Å². The van der Waals surface area contributed by atoms with Crippen molar-refractivity contribution < 1.29 is 0 Å². The largest absolute Gasteiger partial charge is 0.317 e. The zero-order valence-corrected chi connectivity index (χ0v) is 16.3. The Kier molecular flexibility index (Phi) is 4.17. The lowest BCUT2D eigenvalue weighted by atomic mass is 10.0. The molecule has 0 aliphatic carbocycles. The SMILES string of the molecule is Cc1nnn(C)c1-c1ccc2ncn(C(c3ccccc3)c3ccccn3)c2c1. The normalized spacial score (nSPS) is 12.3. The smallest absolute Gasteiger partial charge is 0.102 e. The number of imidazole rings is 1. The summed E-state index contributed by atoms with van der Waals surface area (Å²) in [6.07, 6.45) is 3.73. The van der Waals surface area contributed by atoms with Gasteiger partial charge < -0.3 is 4.57 Å². The van der Waals surface area contributed by atoms with Crippen LogP contribution in [0.1, 0.15) is 23.0 Å². The van der Waals surface area contributed by atoms with Gasteiger partial charge in [-0.2, -0.15) is 0 Å². The lowest BCUT2D eigenvalue weighted by Gasteiger charge is -2.20. The van der Waals surface area contributed by atoms with Crippen molar-refractivity contribution in [3.63, 3.8) is 0 Å². The minimum atomic E-state index is -0.0663. The topological polar surface area (TPSA) is 61.4 Å². The van der Waals surface area contributed by atoms with Crippen molar-refractivity contribution in [1.82, 2.24) is 29.5 Å². The van der Waals surface area contributed by atoms with Gasteiger partial charge in [0.2, 0.25) is 0 Å². The van der Waals surface area contributed by atoms with E-state index in [0.717, 1.165) is 39.2 Å². The molecule has 3 heterocycles. The molecule has 0 saturated carbocycles. The van der Waals surface area contributed by atoms with E-state index in [1.807, 2.05) is 55.4 Å². The molecular formula is C23H20N6. The number of hydrogen-bond donors (Lipinski definition) is 0. The summed E-state index contributed by atoms with van der Waals surface area (Å²) in [5.74, 6) is 0. The number of fused-ring (bicyclic) bond motifs is 1. The van der Waals surface area contributed by atoms with Crippen LogP contribution in [0.25, 0.3) is 22.3 Å². The fraction of sp³-hybridized carbons (Fsp3) is 0.130. The van der Waals surface area contributed by atoms with Crippen LogP contribution in [0.2, 0.25) is 0 Å². The first-order valence-corrected chi connectivity index (χ1v) is 9.51. The van der Waals surface area contributed by atoms with Gasteiger partial charge in [0.15, 0.2) is 0 Å². The third-order valence-electron chi connectivity index (χ3n) is 5.20. The maximum atomic E-state index is 4.65. The fourth-order valence-corrected chi connectivity index (χ4v) is 3.88. The molecule has 0 aliphatic rings. The molecule has 0 N–H and O–H groups in total. The van der Waals surface area contributed by atoms with Crippen LogP contribution in [0.5, 0.6) is 0 Å². The van der Waals surface area contributed by atoms with E-state index in [-0.39, 0.29) is 6.04 Å². The van der Waals surface area contributed by atoms with Crippen LogP contribution in [-0.2, 0) is 7.05 Å². The van der Waals surface area contributed by atoms with Gasteiger partial charge in [0.1, 0.15) is 6.04 Å². The number of benzene rings is 2. The predicted octanol–water partition coefficient (Wildman–Crippen LogP) is 4.17. The first-order valence-electron chi connectivity index (χ1n) is 9.51. The third kappa shape index (κ3) is 2.99. The van der Waals surface area contributed by atoms with Crippen molar-refractivity contribution in [2.45, 2.75) is 13.0 Å². The summed E-state index contributed by atoms with van der Waals surface area (Å²) in [5.41, 5.74) is 7.10. The Labute approximate surface area is 168 Å². The third-order valence-corrected chi connectivity index (χ3v) is 5.20. The van der Waals surface area contributed by atoms with Crippen LogP contribution in [0, 0.1) is 6.92 Å². The summed E-state index contributed by atoms with van der Waals surface area (Å²) in [5, 5.41) is 8.34. The highest BCUT2D eigenvalue weighted by molar-refractivity contribution is 5.82. The quantitative estimate of drug-likeness (QED) is 0.469. The molecule has 1 unspecified atom stereocenters. The Balaban J connectivity index is 1.73. The average molecular weight is 380 g/mol. The molecular weight excluding hydrogens is 360 g/mol.